The van der Waals surface area contributed by atoms with Crippen LogP contribution in [0.5, 0.6) is 17.2 Å². The van der Waals surface area contributed by atoms with E-state index in [0.717, 1.165) is 0 Å². The molecule has 1 heterocycles. The van der Waals surface area contributed by atoms with Crippen molar-refractivity contribution in [3.05, 3.63) is 30.0 Å². The molecular weight excluding hydrogens is 298 g/mol. The fourth-order valence-electron chi connectivity index (χ4n) is 2.04. The normalized spacial score (nSPS) is 10.2. The highest BCUT2D eigenvalue weighted by atomic mass is 16.5. The minimum absolute atomic E-state index is 0.292. The van der Waals surface area contributed by atoms with Gasteiger partial charge in [-0.3, -0.25) is 9.89 Å². The summed E-state index contributed by atoms with van der Waals surface area (Å²) in [7, 11) is 0. The Labute approximate surface area is 134 Å². The van der Waals surface area contributed by atoms with E-state index in [0.29, 0.717) is 48.5 Å². The van der Waals surface area contributed by atoms with Gasteiger partial charge in [-0.2, -0.15) is 5.10 Å². The smallest absolute Gasteiger partial charge is 0.257 e. The van der Waals surface area contributed by atoms with E-state index in [-0.39, 0.29) is 5.91 Å². The lowest BCUT2D eigenvalue weighted by Crippen LogP contribution is -2.13. The first-order valence-electron chi connectivity index (χ1n) is 7.56. The summed E-state index contributed by atoms with van der Waals surface area (Å²) in [6.45, 7) is 7.00. The minimum Gasteiger partial charge on any atom is -0.490 e. The maximum absolute atomic E-state index is 12.4. The molecular formula is C16H21N3O4. The number of nitrogens with one attached hydrogen (secondary N) is 2. The van der Waals surface area contributed by atoms with Gasteiger partial charge < -0.3 is 19.5 Å². The fourth-order valence-corrected chi connectivity index (χ4v) is 2.04. The van der Waals surface area contributed by atoms with Crippen molar-refractivity contribution in [3.63, 3.8) is 0 Å². The number of aromatic amines is 1. The van der Waals surface area contributed by atoms with Gasteiger partial charge in [-0.05, 0) is 32.9 Å². The first-order chi connectivity index (χ1) is 11.2. The highest BCUT2D eigenvalue weighted by molar-refractivity contribution is 6.04. The van der Waals surface area contributed by atoms with E-state index in [1.54, 1.807) is 24.4 Å². The molecule has 124 valence electrons. The maximum atomic E-state index is 12.4. The predicted molar refractivity (Wildman–Crippen MR) is 86.5 cm³/mol. The van der Waals surface area contributed by atoms with Gasteiger partial charge in [-0.25, -0.2) is 0 Å². The van der Waals surface area contributed by atoms with Gasteiger partial charge in [-0.1, -0.05) is 0 Å². The number of rotatable bonds is 8. The zero-order valence-corrected chi connectivity index (χ0v) is 13.5. The Morgan fingerprint density at radius 3 is 2.17 bits per heavy atom. The molecule has 0 fully saturated rings. The van der Waals surface area contributed by atoms with Crippen LogP contribution in [-0.2, 0) is 0 Å². The number of hydrogen-bond acceptors (Lipinski definition) is 5. The van der Waals surface area contributed by atoms with Crippen LogP contribution < -0.4 is 19.5 Å². The minimum atomic E-state index is -0.292. The molecule has 0 bridgehead atoms. The van der Waals surface area contributed by atoms with Crippen molar-refractivity contribution in [2.45, 2.75) is 20.8 Å². The average Bonchev–Trinajstić information content (AvgIpc) is 3.03. The monoisotopic (exact) mass is 319 g/mol. The van der Waals surface area contributed by atoms with Gasteiger partial charge >= 0.3 is 0 Å². The van der Waals surface area contributed by atoms with Gasteiger partial charge in [-0.15, -0.1) is 0 Å². The lowest BCUT2D eigenvalue weighted by molar-refractivity contribution is 0.102. The van der Waals surface area contributed by atoms with E-state index in [1.807, 2.05) is 20.8 Å². The predicted octanol–water partition coefficient (Wildman–Crippen LogP) is 2.86. The summed E-state index contributed by atoms with van der Waals surface area (Å²) < 4.78 is 16.8. The molecule has 0 atom stereocenters. The zero-order chi connectivity index (χ0) is 16.7. The number of carbonyl (C=O) groups is 1. The largest absolute Gasteiger partial charge is 0.490 e. The molecule has 0 saturated heterocycles. The lowest BCUT2D eigenvalue weighted by Gasteiger charge is -2.17. The molecule has 0 spiro atoms. The molecule has 7 nitrogen and oxygen atoms in total. The molecule has 1 aromatic heterocycles. The molecule has 2 N–H and O–H groups in total. The lowest BCUT2D eigenvalue weighted by atomic mass is 10.1. The van der Waals surface area contributed by atoms with Gasteiger partial charge in [0.05, 0.1) is 26.0 Å². The summed E-state index contributed by atoms with van der Waals surface area (Å²) in [6.07, 6.45) is 1.56. The summed E-state index contributed by atoms with van der Waals surface area (Å²) >= 11 is 0. The van der Waals surface area contributed by atoms with E-state index in [9.17, 15) is 4.79 Å². The maximum Gasteiger partial charge on any atom is 0.257 e. The number of aromatic nitrogens is 2. The Hall–Kier alpha value is -2.70. The first-order valence-corrected chi connectivity index (χ1v) is 7.56. The topological polar surface area (TPSA) is 85.5 Å². The molecule has 2 aromatic rings. The third-order valence-electron chi connectivity index (χ3n) is 2.92. The van der Waals surface area contributed by atoms with Crippen LogP contribution in [0.25, 0.3) is 0 Å². The number of amides is 1. The van der Waals surface area contributed by atoms with Crippen molar-refractivity contribution in [1.29, 1.82) is 0 Å². The molecule has 0 aliphatic rings. The van der Waals surface area contributed by atoms with E-state index >= 15 is 0 Å². The van der Waals surface area contributed by atoms with Gasteiger partial charge in [0, 0.05) is 11.6 Å². The molecule has 0 saturated carbocycles. The highest BCUT2D eigenvalue weighted by Gasteiger charge is 2.18. The second kappa shape index (κ2) is 8.07. The quantitative estimate of drug-likeness (QED) is 0.781. The van der Waals surface area contributed by atoms with Crippen LogP contribution in [0.2, 0.25) is 0 Å². The van der Waals surface area contributed by atoms with Gasteiger partial charge in [0.25, 0.3) is 5.91 Å². The van der Waals surface area contributed by atoms with Crippen LogP contribution in [0.4, 0.5) is 5.82 Å². The van der Waals surface area contributed by atoms with E-state index < -0.39 is 0 Å². The van der Waals surface area contributed by atoms with Crippen molar-refractivity contribution >= 4 is 11.7 Å². The third-order valence-corrected chi connectivity index (χ3v) is 2.92. The molecule has 1 aromatic carbocycles. The summed E-state index contributed by atoms with van der Waals surface area (Å²) in [4.78, 5) is 12.4. The standard InChI is InChI=1S/C16H21N3O4/c1-4-21-12-9-11(16(20)18-14-7-8-17-19-14)10-13(22-5-2)15(12)23-6-3/h7-10H,4-6H2,1-3H3,(H2,17,18,19,20). The number of H-pyrrole nitrogens is 1. The van der Waals surface area contributed by atoms with E-state index in [4.69, 9.17) is 14.2 Å². The molecule has 0 aliphatic carbocycles. The number of benzene rings is 1. The average molecular weight is 319 g/mol. The van der Waals surface area contributed by atoms with Crippen molar-refractivity contribution in [2.75, 3.05) is 25.1 Å². The Morgan fingerprint density at radius 2 is 1.70 bits per heavy atom. The number of nitrogens with zero attached hydrogens (tertiary/aromatic N) is 1. The van der Waals surface area contributed by atoms with Crippen molar-refractivity contribution in [2.24, 2.45) is 0 Å². The molecule has 7 heteroatoms. The van der Waals surface area contributed by atoms with Crippen LogP contribution in [-0.4, -0.2) is 35.9 Å². The van der Waals surface area contributed by atoms with Crippen LogP contribution in [0.3, 0.4) is 0 Å². The SMILES string of the molecule is CCOc1cc(C(=O)Nc2ccn[nH]2)cc(OCC)c1OCC. The van der Waals surface area contributed by atoms with Gasteiger partial charge in [0.2, 0.25) is 5.75 Å². The van der Waals surface area contributed by atoms with Gasteiger partial charge in [0.15, 0.2) is 11.5 Å². The molecule has 2 rings (SSSR count). The van der Waals surface area contributed by atoms with Crippen molar-refractivity contribution in [1.82, 2.24) is 10.2 Å². The Morgan fingerprint density at radius 1 is 1.09 bits per heavy atom. The van der Waals surface area contributed by atoms with E-state index in [2.05, 4.69) is 15.5 Å². The summed E-state index contributed by atoms with van der Waals surface area (Å²) in [6, 6.07) is 4.95. The summed E-state index contributed by atoms with van der Waals surface area (Å²) in [5, 5.41) is 9.19. The Kier molecular flexibility index (Phi) is 5.85. The second-order valence-corrected chi connectivity index (χ2v) is 4.53. The van der Waals surface area contributed by atoms with Crippen LogP contribution in [0.15, 0.2) is 24.4 Å². The van der Waals surface area contributed by atoms with Crippen LogP contribution in [0, 0.1) is 0 Å². The number of hydrogen-bond donors (Lipinski definition) is 2. The molecule has 0 aliphatic heterocycles. The molecule has 1 amide bonds. The van der Waals surface area contributed by atoms with Crippen molar-refractivity contribution in [3.8, 4) is 17.2 Å². The summed E-state index contributed by atoms with van der Waals surface area (Å²) in [5.41, 5.74) is 0.412. The van der Waals surface area contributed by atoms with Gasteiger partial charge in [0.1, 0.15) is 5.82 Å². The number of carbonyl (C=O) groups excluding carboxylic acids is 1. The molecule has 0 radical (unpaired) electrons. The molecule has 0 unspecified atom stereocenters. The third kappa shape index (κ3) is 4.15. The Balaban J connectivity index is 2.36. The highest BCUT2D eigenvalue weighted by Crippen LogP contribution is 2.39. The summed E-state index contributed by atoms with van der Waals surface area (Å²) in [5.74, 6) is 1.69. The number of anilines is 1. The van der Waals surface area contributed by atoms with Crippen LogP contribution in [0.1, 0.15) is 31.1 Å². The van der Waals surface area contributed by atoms with E-state index in [1.165, 1.54) is 0 Å². The second-order valence-electron chi connectivity index (χ2n) is 4.53. The first kappa shape index (κ1) is 16.7. The van der Waals surface area contributed by atoms with Crippen molar-refractivity contribution < 1.29 is 19.0 Å². The van der Waals surface area contributed by atoms with Crippen LogP contribution >= 0.6 is 0 Å². The molecule has 23 heavy (non-hydrogen) atoms. The number of ether oxygens (including phenoxy) is 3. The zero-order valence-electron chi connectivity index (χ0n) is 13.5. The fraction of sp³-hybridized carbons (Fsp3) is 0.375. The Bertz CT molecular complexity index is 614.